The number of nitrogens with zero attached hydrogens (tertiary/aromatic N) is 1. The Balaban J connectivity index is 0.000000413. The Morgan fingerprint density at radius 3 is 2.17 bits per heavy atom. The van der Waals surface area contributed by atoms with Gasteiger partial charge in [-0.05, 0) is 35.9 Å². The van der Waals surface area contributed by atoms with Crippen LogP contribution in [0.3, 0.4) is 0 Å². The molecule has 2 rings (SSSR count). The zero-order chi connectivity index (χ0) is 18.3. The molecule has 6 heteroatoms. The van der Waals surface area contributed by atoms with Crippen molar-refractivity contribution < 1.29 is 14.3 Å². The molecule has 0 saturated carbocycles. The van der Waals surface area contributed by atoms with Gasteiger partial charge in [0.1, 0.15) is 11.9 Å². The fraction of sp³-hybridized carbons (Fsp3) is 0.556. The van der Waals surface area contributed by atoms with Gasteiger partial charge in [-0.2, -0.15) is 0 Å². The van der Waals surface area contributed by atoms with Crippen molar-refractivity contribution in [2.24, 2.45) is 11.8 Å². The van der Waals surface area contributed by atoms with E-state index in [1.165, 1.54) is 0 Å². The third-order valence-corrected chi connectivity index (χ3v) is 4.49. The molecule has 1 aromatic carbocycles. The lowest BCUT2D eigenvalue weighted by Crippen LogP contribution is -2.33. The van der Waals surface area contributed by atoms with E-state index in [2.05, 4.69) is 15.9 Å². The molecule has 1 aromatic rings. The van der Waals surface area contributed by atoms with E-state index in [1.807, 2.05) is 43.0 Å². The second-order valence-corrected chi connectivity index (χ2v) is 7.67. The van der Waals surface area contributed by atoms with Gasteiger partial charge in [0.2, 0.25) is 11.1 Å². The third kappa shape index (κ3) is 7.22. The first kappa shape index (κ1) is 21.0. The summed E-state index contributed by atoms with van der Waals surface area (Å²) in [7, 11) is 0. The van der Waals surface area contributed by atoms with Gasteiger partial charge in [-0.25, -0.2) is 0 Å². The minimum Gasteiger partial charge on any atom is -0.489 e. The molecular weight excluding hydrogens is 394 g/mol. The maximum absolute atomic E-state index is 11.9. The van der Waals surface area contributed by atoms with E-state index in [0.29, 0.717) is 6.54 Å². The molecule has 0 N–H and O–H groups in total. The van der Waals surface area contributed by atoms with Crippen molar-refractivity contribution >= 4 is 38.7 Å². The van der Waals surface area contributed by atoms with E-state index in [-0.39, 0.29) is 29.1 Å². The molecule has 0 aromatic heterocycles. The number of amides is 1. The van der Waals surface area contributed by atoms with Crippen molar-refractivity contribution in [1.82, 2.24) is 4.90 Å². The SMILES string of the molecule is CC(C)C(=O)Cl.CC(C)C(=O)N1CCC(Oc2ccc(Br)cc2)C1. The predicted molar refractivity (Wildman–Crippen MR) is 100 cm³/mol. The number of benzene rings is 1. The predicted octanol–water partition coefficient (Wildman–Crippen LogP) is 4.49. The lowest BCUT2D eigenvalue weighted by Gasteiger charge is -2.19. The van der Waals surface area contributed by atoms with E-state index in [0.717, 1.165) is 23.2 Å². The maximum Gasteiger partial charge on any atom is 0.225 e. The Labute approximate surface area is 157 Å². The normalized spacial score (nSPS) is 16.8. The lowest BCUT2D eigenvalue weighted by atomic mass is 10.2. The molecule has 0 bridgehead atoms. The van der Waals surface area contributed by atoms with Crippen molar-refractivity contribution in [2.45, 2.75) is 40.2 Å². The summed E-state index contributed by atoms with van der Waals surface area (Å²) in [6.07, 6.45) is 1.03. The maximum atomic E-state index is 11.9. The van der Waals surface area contributed by atoms with Crippen LogP contribution in [0.2, 0.25) is 0 Å². The van der Waals surface area contributed by atoms with Crippen molar-refractivity contribution in [1.29, 1.82) is 0 Å². The molecule has 1 heterocycles. The lowest BCUT2D eigenvalue weighted by molar-refractivity contribution is -0.133. The molecule has 0 radical (unpaired) electrons. The van der Waals surface area contributed by atoms with E-state index < -0.39 is 0 Å². The van der Waals surface area contributed by atoms with Crippen LogP contribution in [0.25, 0.3) is 0 Å². The number of rotatable bonds is 4. The van der Waals surface area contributed by atoms with Gasteiger partial charge in [0.15, 0.2) is 0 Å². The average Bonchev–Trinajstić information content (AvgIpc) is 2.97. The number of halogens is 2. The summed E-state index contributed by atoms with van der Waals surface area (Å²) in [5.74, 6) is 1.13. The fourth-order valence-corrected chi connectivity index (χ4v) is 2.36. The molecule has 1 aliphatic rings. The summed E-state index contributed by atoms with van der Waals surface area (Å²) < 4.78 is 6.92. The number of carbonyl (C=O) groups excluding carboxylic acids is 2. The van der Waals surface area contributed by atoms with Crippen molar-refractivity contribution in [3.63, 3.8) is 0 Å². The second kappa shape index (κ2) is 10.0. The van der Waals surface area contributed by atoms with Gasteiger partial charge in [0.25, 0.3) is 0 Å². The number of ether oxygens (including phenoxy) is 1. The number of hydrogen-bond donors (Lipinski definition) is 0. The van der Waals surface area contributed by atoms with Crippen LogP contribution in [-0.2, 0) is 9.59 Å². The van der Waals surface area contributed by atoms with Crippen LogP contribution in [0.1, 0.15) is 34.1 Å². The largest absolute Gasteiger partial charge is 0.489 e. The third-order valence-electron chi connectivity index (χ3n) is 3.52. The van der Waals surface area contributed by atoms with Gasteiger partial charge < -0.3 is 9.64 Å². The quantitative estimate of drug-likeness (QED) is 0.677. The molecule has 1 unspecified atom stereocenters. The number of hydrogen-bond acceptors (Lipinski definition) is 3. The van der Waals surface area contributed by atoms with Crippen LogP contribution < -0.4 is 4.74 Å². The topological polar surface area (TPSA) is 46.6 Å². The van der Waals surface area contributed by atoms with Gasteiger partial charge in [-0.1, -0.05) is 43.6 Å². The molecule has 1 amide bonds. The van der Waals surface area contributed by atoms with Crippen molar-refractivity contribution in [3.8, 4) is 5.75 Å². The molecule has 0 spiro atoms. The Morgan fingerprint density at radius 1 is 1.17 bits per heavy atom. The highest BCUT2D eigenvalue weighted by atomic mass is 79.9. The molecule has 24 heavy (non-hydrogen) atoms. The zero-order valence-corrected chi connectivity index (χ0v) is 16.9. The van der Waals surface area contributed by atoms with E-state index in [4.69, 9.17) is 16.3 Å². The summed E-state index contributed by atoms with van der Waals surface area (Å²) in [6.45, 7) is 8.90. The summed E-state index contributed by atoms with van der Waals surface area (Å²) in [5, 5.41) is -0.269. The van der Waals surface area contributed by atoms with E-state index in [1.54, 1.807) is 13.8 Å². The van der Waals surface area contributed by atoms with Crippen LogP contribution in [-0.4, -0.2) is 35.2 Å². The molecule has 1 saturated heterocycles. The van der Waals surface area contributed by atoms with Crippen LogP contribution in [0.5, 0.6) is 5.75 Å². The second-order valence-electron chi connectivity index (χ2n) is 6.38. The summed E-state index contributed by atoms with van der Waals surface area (Å²) in [6, 6.07) is 7.80. The Hall–Kier alpha value is -1.07. The highest BCUT2D eigenvalue weighted by Crippen LogP contribution is 2.21. The van der Waals surface area contributed by atoms with Gasteiger partial charge in [-0.15, -0.1) is 0 Å². The highest BCUT2D eigenvalue weighted by Gasteiger charge is 2.28. The first-order valence-corrected chi connectivity index (χ1v) is 9.28. The molecule has 0 aliphatic carbocycles. The summed E-state index contributed by atoms with van der Waals surface area (Å²) >= 11 is 8.37. The molecule has 134 valence electrons. The van der Waals surface area contributed by atoms with Gasteiger partial charge in [0, 0.05) is 29.3 Å². The molecule has 1 fully saturated rings. The van der Waals surface area contributed by atoms with Crippen molar-refractivity contribution in [3.05, 3.63) is 28.7 Å². The summed E-state index contributed by atoms with van der Waals surface area (Å²) in [5.41, 5.74) is 0. The molecule has 4 nitrogen and oxygen atoms in total. The van der Waals surface area contributed by atoms with Gasteiger partial charge >= 0.3 is 0 Å². The Bertz CT molecular complexity index is 546. The van der Waals surface area contributed by atoms with Crippen LogP contribution in [0.4, 0.5) is 0 Å². The Morgan fingerprint density at radius 2 is 1.71 bits per heavy atom. The smallest absolute Gasteiger partial charge is 0.225 e. The summed E-state index contributed by atoms with van der Waals surface area (Å²) in [4.78, 5) is 23.7. The molecule has 1 aliphatic heterocycles. The minimum absolute atomic E-state index is 0.0216. The first-order chi connectivity index (χ1) is 11.2. The standard InChI is InChI=1S/C14H18BrNO2.C4H7ClO/c1-10(2)14(17)16-8-7-13(9-16)18-12-5-3-11(15)4-6-12;1-3(2)4(5)6/h3-6,10,13H,7-9H2,1-2H3;3H,1-2H3. The van der Waals surface area contributed by atoms with Crippen molar-refractivity contribution in [2.75, 3.05) is 13.1 Å². The van der Waals surface area contributed by atoms with E-state index >= 15 is 0 Å². The first-order valence-electron chi connectivity index (χ1n) is 8.11. The van der Waals surface area contributed by atoms with Crippen LogP contribution >= 0.6 is 27.5 Å². The fourth-order valence-electron chi connectivity index (χ4n) is 2.10. The van der Waals surface area contributed by atoms with Gasteiger partial charge in [-0.3, -0.25) is 9.59 Å². The zero-order valence-electron chi connectivity index (χ0n) is 14.6. The van der Waals surface area contributed by atoms with Crippen LogP contribution in [0, 0.1) is 11.8 Å². The highest BCUT2D eigenvalue weighted by molar-refractivity contribution is 9.10. The van der Waals surface area contributed by atoms with Crippen LogP contribution in [0.15, 0.2) is 28.7 Å². The van der Waals surface area contributed by atoms with E-state index in [9.17, 15) is 9.59 Å². The minimum atomic E-state index is -0.269. The number of carbonyl (C=O) groups is 2. The Kier molecular flexibility index (Phi) is 8.78. The molecule has 1 atom stereocenters. The monoisotopic (exact) mass is 417 g/mol. The number of likely N-dealkylation sites (tertiary alicyclic amines) is 1. The van der Waals surface area contributed by atoms with Gasteiger partial charge in [0.05, 0.1) is 6.54 Å². The molecular formula is C18H25BrClNO3. The average molecular weight is 419 g/mol.